The molecule has 18 heavy (non-hydrogen) atoms. The van der Waals surface area contributed by atoms with Gasteiger partial charge in [-0.15, -0.1) is 0 Å². The van der Waals surface area contributed by atoms with Crippen molar-refractivity contribution in [3.63, 3.8) is 0 Å². The Morgan fingerprint density at radius 1 is 1.44 bits per heavy atom. The number of halogens is 2. The molecule has 0 aliphatic heterocycles. The van der Waals surface area contributed by atoms with Crippen molar-refractivity contribution in [1.29, 1.82) is 0 Å². The first kappa shape index (κ1) is 15.2. The van der Waals surface area contributed by atoms with Gasteiger partial charge in [-0.25, -0.2) is 4.39 Å². The molecule has 0 bridgehead atoms. The molecule has 0 heterocycles. The summed E-state index contributed by atoms with van der Waals surface area (Å²) in [6.45, 7) is 5.77. The highest BCUT2D eigenvalue weighted by molar-refractivity contribution is 6.32. The fourth-order valence-electron chi connectivity index (χ4n) is 1.67. The summed E-state index contributed by atoms with van der Waals surface area (Å²) in [4.78, 5) is 0. The van der Waals surface area contributed by atoms with Crippen molar-refractivity contribution in [2.45, 2.75) is 32.9 Å². The van der Waals surface area contributed by atoms with Crippen molar-refractivity contribution >= 4 is 11.6 Å². The molecule has 0 saturated carbocycles. The number of ether oxygens (including phenoxy) is 1. The normalized spacial score (nSPS) is 14.7. The fraction of sp³-hybridized carbons (Fsp3) is 0.538. The minimum Gasteiger partial charge on any atom is -0.489 e. The minimum absolute atomic E-state index is 0.0200. The Bertz CT molecular complexity index is 389. The van der Waals surface area contributed by atoms with E-state index in [0.29, 0.717) is 12.2 Å². The average Bonchev–Trinajstić information content (AvgIpc) is 2.31. The number of hydrogen-bond donors (Lipinski definition) is 2. The number of aliphatic hydroxyl groups excluding tert-OH is 1. The number of rotatable bonds is 5. The van der Waals surface area contributed by atoms with E-state index in [1.807, 2.05) is 13.8 Å². The molecule has 0 radical (unpaired) electrons. The topological polar surface area (TPSA) is 55.5 Å². The summed E-state index contributed by atoms with van der Waals surface area (Å²) >= 11 is 5.94. The molecule has 0 saturated heterocycles. The van der Waals surface area contributed by atoms with Gasteiger partial charge in [-0.05, 0) is 30.5 Å². The largest absolute Gasteiger partial charge is 0.489 e. The second-order valence-electron chi connectivity index (χ2n) is 4.51. The molecule has 1 rings (SSSR count). The molecule has 0 amide bonds. The maximum atomic E-state index is 13.8. The van der Waals surface area contributed by atoms with Crippen LogP contribution in [0.4, 0.5) is 4.39 Å². The van der Waals surface area contributed by atoms with Crippen molar-refractivity contribution < 1.29 is 14.2 Å². The van der Waals surface area contributed by atoms with Gasteiger partial charge >= 0.3 is 0 Å². The van der Waals surface area contributed by atoms with Gasteiger partial charge in [0, 0.05) is 0 Å². The maximum Gasteiger partial charge on any atom is 0.173 e. The number of benzene rings is 1. The monoisotopic (exact) mass is 275 g/mol. The van der Waals surface area contributed by atoms with Gasteiger partial charge in [-0.3, -0.25) is 0 Å². The van der Waals surface area contributed by atoms with Crippen LogP contribution in [0.2, 0.25) is 5.02 Å². The quantitative estimate of drug-likeness (QED) is 0.869. The van der Waals surface area contributed by atoms with Crippen molar-refractivity contribution in [3.8, 4) is 5.75 Å². The molecule has 0 fully saturated rings. The van der Waals surface area contributed by atoms with Crippen LogP contribution >= 0.6 is 11.6 Å². The first-order chi connectivity index (χ1) is 8.38. The molecule has 1 aromatic rings. The third-order valence-electron chi connectivity index (χ3n) is 2.75. The van der Waals surface area contributed by atoms with Gasteiger partial charge in [0.15, 0.2) is 11.6 Å². The van der Waals surface area contributed by atoms with E-state index in [-0.39, 0.29) is 16.7 Å². The highest BCUT2D eigenvalue weighted by Crippen LogP contribution is 2.32. The Morgan fingerprint density at radius 2 is 2.06 bits per heavy atom. The molecule has 3 N–H and O–H groups in total. The standard InChI is InChI=1S/C13H19ClFNO2/c1-4-18-13-9(14)5-8(6-10(13)15)11(16)12(17)7(2)3/h5-7,11-12,17H,4,16H2,1-3H3/t11-,12+/m0/s1. The van der Waals surface area contributed by atoms with Crippen LogP contribution in [0.3, 0.4) is 0 Å². The number of aliphatic hydroxyl groups is 1. The molecule has 0 spiro atoms. The number of hydrogen-bond acceptors (Lipinski definition) is 3. The molecule has 3 nitrogen and oxygen atoms in total. The summed E-state index contributed by atoms with van der Waals surface area (Å²) in [7, 11) is 0. The first-order valence-electron chi connectivity index (χ1n) is 5.93. The van der Waals surface area contributed by atoms with E-state index in [2.05, 4.69) is 0 Å². The highest BCUT2D eigenvalue weighted by atomic mass is 35.5. The van der Waals surface area contributed by atoms with E-state index in [1.165, 1.54) is 12.1 Å². The predicted octanol–water partition coefficient (Wildman–Crippen LogP) is 2.89. The lowest BCUT2D eigenvalue weighted by atomic mass is 9.94. The Balaban J connectivity index is 3.05. The van der Waals surface area contributed by atoms with Crippen LogP contribution in [0.15, 0.2) is 12.1 Å². The number of nitrogens with two attached hydrogens (primary N) is 1. The lowest BCUT2D eigenvalue weighted by Gasteiger charge is -2.23. The molecular formula is C13H19ClFNO2. The van der Waals surface area contributed by atoms with Crippen LogP contribution in [-0.4, -0.2) is 17.8 Å². The van der Waals surface area contributed by atoms with Crippen molar-refractivity contribution in [2.24, 2.45) is 11.7 Å². The third-order valence-corrected chi connectivity index (χ3v) is 3.03. The van der Waals surface area contributed by atoms with E-state index < -0.39 is 18.0 Å². The molecular weight excluding hydrogens is 257 g/mol. The summed E-state index contributed by atoms with van der Waals surface area (Å²) < 4.78 is 18.9. The maximum absolute atomic E-state index is 13.8. The van der Waals surface area contributed by atoms with E-state index in [1.54, 1.807) is 6.92 Å². The fourth-order valence-corrected chi connectivity index (χ4v) is 1.94. The minimum atomic E-state index is -0.751. The van der Waals surface area contributed by atoms with Crippen LogP contribution in [0.1, 0.15) is 32.4 Å². The highest BCUT2D eigenvalue weighted by Gasteiger charge is 2.22. The molecule has 5 heteroatoms. The van der Waals surface area contributed by atoms with Gasteiger partial charge < -0.3 is 15.6 Å². The van der Waals surface area contributed by atoms with Crippen LogP contribution in [0.5, 0.6) is 5.75 Å². The second kappa shape index (κ2) is 6.36. The Hall–Kier alpha value is -0.840. The van der Waals surface area contributed by atoms with Crippen LogP contribution in [0.25, 0.3) is 0 Å². The molecule has 0 unspecified atom stereocenters. The van der Waals surface area contributed by atoms with Crippen molar-refractivity contribution in [1.82, 2.24) is 0 Å². The zero-order chi connectivity index (χ0) is 13.9. The second-order valence-corrected chi connectivity index (χ2v) is 4.91. The van der Waals surface area contributed by atoms with Crippen molar-refractivity contribution in [3.05, 3.63) is 28.5 Å². The van der Waals surface area contributed by atoms with Gasteiger partial charge in [-0.2, -0.15) is 0 Å². The molecule has 2 atom stereocenters. The SMILES string of the molecule is CCOc1c(F)cc([C@H](N)[C@H](O)C(C)C)cc1Cl. The Kier molecular flexibility index (Phi) is 5.38. The molecule has 0 aliphatic rings. The predicted molar refractivity (Wildman–Crippen MR) is 70.4 cm³/mol. The zero-order valence-corrected chi connectivity index (χ0v) is 11.5. The molecule has 102 valence electrons. The average molecular weight is 276 g/mol. The summed E-state index contributed by atoms with van der Waals surface area (Å²) in [5.74, 6) is -0.562. The molecule has 1 aromatic carbocycles. The zero-order valence-electron chi connectivity index (χ0n) is 10.8. The van der Waals surface area contributed by atoms with Gasteiger partial charge in [0.2, 0.25) is 0 Å². The Morgan fingerprint density at radius 3 is 2.50 bits per heavy atom. The van der Waals surface area contributed by atoms with Crippen molar-refractivity contribution in [2.75, 3.05) is 6.61 Å². The Labute approximate surface area is 112 Å². The molecule has 0 aliphatic carbocycles. The summed E-state index contributed by atoms with van der Waals surface area (Å²) in [5, 5.41) is 10.0. The van der Waals surface area contributed by atoms with Gasteiger partial charge in [0.05, 0.1) is 23.8 Å². The lowest BCUT2D eigenvalue weighted by Crippen LogP contribution is -2.30. The van der Waals surface area contributed by atoms with E-state index in [0.717, 1.165) is 0 Å². The van der Waals surface area contributed by atoms with Gasteiger partial charge in [-0.1, -0.05) is 25.4 Å². The third kappa shape index (κ3) is 3.34. The van der Waals surface area contributed by atoms with E-state index >= 15 is 0 Å². The van der Waals surface area contributed by atoms with Crippen LogP contribution < -0.4 is 10.5 Å². The van der Waals surface area contributed by atoms with E-state index in [4.69, 9.17) is 22.1 Å². The van der Waals surface area contributed by atoms with Crippen LogP contribution in [0, 0.1) is 11.7 Å². The molecule has 0 aromatic heterocycles. The summed E-state index contributed by atoms with van der Waals surface area (Å²) in [6.07, 6.45) is -0.751. The van der Waals surface area contributed by atoms with Gasteiger partial charge in [0.25, 0.3) is 0 Å². The first-order valence-corrected chi connectivity index (χ1v) is 6.31. The summed E-state index contributed by atoms with van der Waals surface area (Å²) in [5.41, 5.74) is 6.35. The lowest BCUT2D eigenvalue weighted by molar-refractivity contribution is 0.0978. The van der Waals surface area contributed by atoms with Gasteiger partial charge in [0.1, 0.15) is 0 Å². The summed E-state index contributed by atoms with van der Waals surface area (Å²) in [6, 6.07) is 2.12. The smallest absolute Gasteiger partial charge is 0.173 e. The van der Waals surface area contributed by atoms with E-state index in [9.17, 15) is 9.50 Å². The van der Waals surface area contributed by atoms with Crippen LogP contribution in [-0.2, 0) is 0 Å².